The van der Waals surface area contributed by atoms with Crippen LogP contribution >= 0.6 is 23.1 Å². The largest absolute Gasteiger partial charge is 0.496 e. The molecule has 1 aromatic heterocycles. The second-order valence-corrected chi connectivity index (χ2v) is 9.03. The molecule has 0 atom stereocenters. The number of rotatable bonds is 8. The van der Waals surface area contributed by atoms with Crippen LogP contribution in [0.15, 0.2) is 70.0 Å². The van der Waals surface area contributed by atoms with Crippen LogP contribution in [-0.4, -0.2) is 28.2 Å². The van der Waals surface area contributed by atoms with Gasteiger partial charge in [-0.2, -0.15) is 0 Å². The Morgan fingerprint density at radius 1 is 1.03 bits per heavy atom. The van der Waals surface area contributed by atoms with Crippen LogP contribution in [0.4, 0.5) is 17.1 Å². The maximum absolute atomic E-state index is 11.1. The average Bonchev–Trinajstić information content (AvgIpc) is 3.23. The van der Waals surface area contributed by atoms with E-state index in [0.717, 1.165) is 31.4 Å². The Kier molecular flexibility index (Phi) is 6.61. The summed E-state index contributed by atoms with van der Waals surface area (Å²) in [6.07, 6.45) is 1.65. The lowest BCUT2D eigenvalue weighted by atomic mass is 10.2. The van der Waals surface area contributed by atoms with Crippen LogP contribution in [0.25, 0.3) is 10.2 Å². The van der Waals surface area contributed by atoms with E-state index in [0.29, 0.717) is 11.5 Å². The third kappa shape index (κ3) is 5.33. The minimum absolute atomic E-state index is 0.0197. The number of aliphatic imine (C=N–C) groups is 1. The minimum Gasteiger partial charge on any atom is -0.496 e. The second-order valence-electron chi connectivity index (χ2n) is 6.78. The molecule has 0 saturated carbocycles. The van der Waals surface area contributed by atoms with Crippen molar-refractivity contribution in [2.24, 2.45) is 4.99 Å². The number of ether oxygens (including phenoxy) is 1. The predicted molar refractivity (Wildman–Crippen MR) is 129 cm³/mol. The summed E-state index contributed by atoms with van der Waals surface area (Å²) in [5.41, 5.74) is 3.11. The number of nitro benzene ring substituents is 2. The number of aromatic nitrogens is 1. The molecule has 4 rings (SSSR count). The summed E-state index contributed by atoms with van der Waals surface area (Å²) in [5, 5.41) is 21.8. The van der Waals surface area contributed by atoms with Gasteiger partial charge in [-0.15, -0.1) is 11.3 Å². The fourth-order valence-corrected chi connectivity index (χ4v) is 5.08. The van der Waals surface area contributed by atoms with Gasteiger partial charge in [0, 0.05) is 41.8 Å². The van der Waals surface area contributed by atoms with Crippen molar-refractivity contribution in [1.82, 2.24) is 4.98 Å². The first kappa shape index (κ1) is 22.4. The third-order valence-corrected chi connectivity index (χ3v) is 6.85. The van der Waals surface area contributed by atoms with Gasteiger partial charge in [-0.25, -0.2) is 4.98 Å². The number of hydrogen-bond donors (Lipinski definition) is 0. The van der Waals surface area contributed by atoms with Crippen molar-refractivity contribution in [3.05, 3.63) is 92.0 Å². The molecule has 4 aromatic rings. The standard InChI is InChI=1S/C22H16N4O5S2/c1-31-20-9-7-18(26(29)30)10-15(20)13-32-22-24-19-8-4-16(11-21(19)33-22)23-12-14-2-5-17(6-3-14)25(27)28/h2-12H,13H2,1H3. The number of thioether (sulfide) groups is 1. The average molecular weight is 481 g/mol. The van der Waals surface area contributed by atoms with Gasteiger partial charge in [0.05, 0.1) is 32.9 Å². The Hall–Kier alpha value is -3.83. The molecule has 1 heterocycles. The smallest absolute Gasteiger partial charge is 0.270 e. The monoisotopic (exact) mass is 480 g/mol. The van der Waals surface area contributed by atoms with E-state index in [4.69, 9.17) is 4.74 Å². The van der Waals surface area contributed by atoms with Gasteiger partial charge in [-0.05, 0) is 42.0 Å². The van der Waals surface area contributed by atoms with Crippen molar-refractivity contribution >= 4 is 56.6 Å². The molecule has 0 aliphatic rings. The second kappa shape index (κ2) is 9.76. The molecular weight excluding hydrogens is 464 g/mol. The van der Waals surface area contributed by atoms with E-state index in [1.165, 1.54) is 54.5 Å². The molecule has 0 fully saturated rings. The van der Waals surface area contributed by atoms with Crippen LogP contribution < -0.4 is 4.74 Å². The van der Waals surface area contributed by atoms with E-state index in [1.807, 2.05) is 18.2 Å². The number of nitro groups is 2. The number of hydrogen-bond acceptors (Lipinski definition) is 9. The van der Waals surface area contributed by atoms with E-state index in [2.05, 4.69) is 9.98 Å². The highest BCUT2D eigenvalue weighted by atomic mass is 32.2. The van der Waals surface area contributed by atoms with Crippen molar-refractivity contribution < 1.29 is 14.6 Å². The number of thiazole rings is 1. The van der Waals surface area contributed by atoms with E-state index in [1.54, 1.807) is 24.4 Å². The van der Waals surface area contributed by atoms with Gasteiger partial charge in [0.15, 0.2) is 4.34 Å². The third-order valence-electron chi connectivity index (χ3n) is 4.64. The van der Waals surface area contributed by atoms with Crippen molar-refractivity contribution in [1.29, 1.82) is 0 Å². The molecular formula is C22H16N4O5S2. The van der Waals surface area contributed by atoms with Crippen LogP contribution in [-0.2, 0) is 5.75 Å². The van der Waals surface area contributed by atoms with Crippen LogP contribution in [0.5, 0.6) is 5.75 Å². The highest BCUT2D eigenvalue weighted by molar-refractivity contribution is 8.00. The topological polar surface area (TPSA) is 121 Å². The maximum atomic E-state index is 11.1. The van der Waals surface area contributed by atoms with E-state index >= 15 is 0 Å². The lowest BCUT2D eigenvalue weighted by Crippen LogP contribution is -1.94. The predicted octanol–water partition coefficient (Wildman–Crippen LogP) is 6.16. The summed E-state index contributed by atoms with van der Waals surface area (Å²) in [7, 11) is 1.53. The van der Waals surface area contributed by atoms with Crippen molar-refractivity contribution in [2.75, 3.05) is 7.11 Å². The molecule has 33 heavy (non-hydrogen) atoms. The number of nitrogens with zero attached hydrogens (tertiary/aromatic N) is 4. The van der Waals surface area contributed by atoms with Gasteiger partial charge < -0.3 is 4.74 Å². The Morgan fingerprint density at radius 3 is 2.45 bits per heavy atom. The lowest BCUT2D eigenvalue weighted by molar-refractivity contribution is -0.385. The van der Waals surface area contributed by atoms with Crippen molar-refractivity contribution in [2.45, 2.75) is 10.1 Å². The molecule has 3 aromatic carbocycles. The molecule has 0 N–H and O–H groups in total. The van der Waals surface area contributed by atoms with Crippen LogP contribution in [0.1, 0.15) is 11.1 Å². The van der Waals surface area contributed by atoms with Gasteiger partial charge in [0.1, 0.15) is 5.75 Å². The van der Waals surface area contributed by atoms with Crippen molar-refractivity contribution in [3.8, 4) is 5.75 Å². The summed E-state index contributed by atoms with van der Waals surface area (Å²) in [6, 6.07) is 16.4. The highest BCUT2D eigenvalue weighted by Crippen LogP contribution is 2.36. The molecule has 0 aliphatic carbocycles. The number of benzene rings is 3. The van der Waals surface area contributed by atoms with Gasteiger partial charge in [-0.1, -0.05) is 11.8 Å². The molecule has 166 valence electrons. The fraction of sp³-hybridized carbons (Fsp3) is 0.0909. The number of fused-ring (bicyclic) bond motifs is 1. The first-order chi connectivity index (χ1) is 15.9. The quantitative estimate of drug-likeness (QED) is 0.128. The number of non-ortho nitro benzene ring substituents is 2. The molecule has 0 spiro atoms. The Labute approximate surface area is 196 Å². The zero-order valence-corrected chi connectivity index (χ0v) is 18.8. The highest BCUT2D eigenvalue weighted by Gasteiger charge is 2.13. The molecule has 9 nitrogen and oxygen atoms in total. The Morgan fingerprint density at radius 2 is 1.76 bits per heavy atom. The van der Waals surface area contributed by atoms with Crippen LogP contribution in [0.3, 0.4) is 0 Å². The zero-order valence-electron chi connectivity index (χ0n) is 17.2. The molecule has 11 heteroatoms. The molecule has 0 unspecified atom stereocenters. The molecule has 0 saturated heterocycles. The van der Waals surface area contributed by atoms with Gasteiger partial charge >= 0.3 is 0 Å². The molecule has 0 bridgehead atoms. The summed E-state index contributed by atoms with van der Waals surface area (Å²) in [4.78, 5) is 30.0. The van der Waals surface area contributed by atoms with Crippen LogP contribution in [0, 0.1) is 20.2 Å². The van der Waals surface area contributed by atoms with Crippen LogP contribution in [0.2, 0.25) is 0 Å². The van der Waals surface area contributed by atoms with Gasteiger partial charge in [-0.3, -0.25) is 25.2 Å². The molecule has 0 amide bonds. The van der Waals surface area contributed by atoms with Crippen molar-refractivity contribution in [3.63, 3.8) is 0 Å². The van der Waals surface area contributed by atoms with E-state index in [-0.39, 0.29) is 11.4 Å². The first-order valence-electron chi connectivity index (χ1n) is 9.56. The molecule has 0 aliphatic heterocycles. The van der Waals surface area contributed by atoms with E-state index in [9.17, 15) is 20.2 Å². The Bertz CT molecular complexity index is 1370. The number of methoxy groups -OCH3 is 1. The summed E-state index contributed by atoms with van der Waals surface area (Å²) < 4.78 is 7.11. The zero-order chi connectivity index (χ0) is 23.4. The normalized spacial score (nSPS) is 11.2. The van der Waals surface area contributed by atoms with Gasteiger partial charge in [0.2, 0.25) is 0 Å². The lowest BCUT2D eigenvalue weighted by Gasteiger charge is -2.06. The first-order valence-corrected chi connectivity index (χ1v) is 11.4. The fourth-order valence-electron chi connectivity index (χ4n) is 3.00. The molecule has 0 radical (unpaired) electrons. The van der Waals surface area contributed by atoms with E-state index < -0.39 is 9.85 Å². The minimum atomic E-state index is -0.441. The van der Waals surface area contributed by atoms with Gasteiger partial charge in [0.25, 0.3) is 11.4 Å². The summed E-state index contributed by atoms with van der Waals surface area (Å²) in [6.45, 7) is 0. The SMILES string of the molecule is COc1ccc([N+](=O)[O-])cc1CSc1nc2ccc(N=Cc3ccc([N+](=O)[O-])cc3)cc2s1. The summed E-state index contributed by atoms with van der Waals surface area (Å²) in [5.74, 6) is 1.08. The maximum Gasteiger partial charge on any atom is 0.270 e. The Balaban J connectivity index is 1.49. The summed E-state index contributed by atoms with van der Waals surface area (Å²) >= 11 is 2.99.